The normalized spacial score (nSPS) is 10.9. The SMILES string of the molecule is CCCOc1cc(NCCCCN(CC)CC)nc(C)n1. The van der Waals surface area contributed by atoms with Crippen LogP contribution in [0.25, 0.3) is 0 Å². The summed E-state index contributed by atoms with van der Waals surface area (Å²) in [6.45, 7) is 13.5. The fourth-order valence-corrected chi connectivity index (χ4v) is 2.13. The van der Waals surface area contributed by atoms with Crippen LogP contribution in [0.4, 0.5) is 5.82 Å². The summed E-state index contributed by atoms with van der Waals surface area (Å²) in [5.74, 6) is 2.26. The van der Waals surface area contributed by atoms with E-state index in [2.05, 4.69) is 41.0 Å². The van der Waals surface area contributed by atoms with Gasteiger partial charge in [0.15, 0.2) is 0 Å². The Kier molecular flexibility index (Phi) is 8.74. The van der Waals surface area contributed by atoms with Crippen molar-refractivity contribution in [1.82, 2.24) is 14.9 Å². The Balaban J connectivity index is 2.32. The minimum absolute atomic E-state index is 0.662. The molecule has 0 unspecified atom stereocenters. The number of unbranched alkanes of at least 4 members (excludes halogenated alkanes) is 1. The number of aromatic nitrogens is 2. The number of nitrogens with one attached hydrogen (secondary N) is 1. The van der Waals surface area contributed by atoms with Crippen LogP contribution in [0.3, 0.4) is 0 Å². The molecule has 0 bridgehead atoms. The van der Waals surface area contributed by atoms with Gasteiger partial charge >= 0.3 is 0 Å². The van der Waals surface area contributed by atoms with Gasteiger partial charge in [0.25, 0.3) is 0 Å². The molecule has 5 nitrogen and oxygen atoms in total. The van der Waals surface area contributed by atoms with Gasteiger partial charge in [-0.05, 0) is 45.8 Å². The van der Waals surface area contributed by atoms with Crippen molar-refractivity contribution in [1.29, 1.82) is 0 Å². The number of ether oxygens (including phenoxy) is 1. The lowest BCUT2D eigenvalue weighted by Gasteiger charge is -2.17. The summed E-state index contributed by atoms with van der Waals surface area (Å²) in [7, 11) is 0. The smallest absolute Gasteiger partial charge is 0.218 e. The molecule has 0 saturated carbocycles. The Labute approximate surface area is 129 Å². The lowest BCUT2D eigenvalue weighted by molar-refractivity contribution is 0.298. The summed E-state index contributed by atoms with van der Waals surface area (Å²) in [5, 5.41) is 3.36. The van der Waals surface area contributed by atoms with Crippen LogP contribution in [0.5, 0.6) is 5.88 Å². The first kappa shape index (κ1) is 17.7. The van der Waals surface area contributed by atoms with E-state index in [-0.39, 0.29) is 0 Å². The zero-order valence-corrected chi connectivity index (χ0v) is 14.0. The van der Waals surface area contributed by atoms with Gasteiger partial charge in [-0.1, -0.05) is 20.8 Å². The second kappa shape index (κ2) is 10.4. The molecule has 1 N–H and O–H groups in total. The minimum atomic E-state index is 0.662. The highest BCUT2D eigenvalue weighted by molar-refractivity contribution is 5.38. The third-order valence-electron chi connectivity index (χ3n) is 3.37. The van der Waals surface area contributed by atoms with Gasteiger partial charge in [-0.2, -0.15) is 4.98 Å². The molecule has 0 amide bonds. The molecule has 0 aromatic carbocycles. The van der Waals surface area contributed by atoms with Gasteiger partial charge in [-0.25, -0.2) is 4.98 Å². The molecule has 0 radical (unpaired) electrons. The maximum absolute atomic E-state index is 5.57. The van der Waals surface area contributed by atoms with Crippen molar-refractivity contribution in [3.63, 3.8) is 0 Å². The largest absolute Gasteiger partial charge is 0.478 e. The summed E-state index contributed by atoms with van der Waals surface area (Å²) >= 11 is 0. The molecule has 1 aromatic rings. The molecule has 5 heteroatoms. The molecule has 1 heterocycles. The van der Waals surface area contributed by atoms with E-state index in [0.29, 0.717) is 12.5 Å². The fourth-order valence-electron chi connectivity index (χ4n) is 2.13. The topological polar surface area (TPSA) is 50.3 Å². The number of nitrogens with zero attached hydrogens (tertiary/aromatic N) is 3. The van der Waals surface area contributed by atoms with E-state index in [1.54, 1.807) is 0 Å². The molecule has 1 aromatic heterocycles. The Morgan fingerprint density at radius 2 is 1.90 bits per heavy atom. The Bertz CT molecular complexity index is 394. The van der Waals surface area contributed by atoms with Gasteiger partial charge in [-0.3, -0.25) is 0 Å². The lowest BCUT2D eigenvalue weighted by Crippen LogP contribution is -2.24. The fraction of sp³-hybridized carbons (Fsp3) is 0.750. The molecule has 0 spiro atoms. The van der Waals surface area contributed by atoms with Crippen molar-refractivity contribution in [3.05, 3.63) is 11.9 Å². The third kappa shape index (κ3) is 7.27. The first-order valence-corrected chi connectivity index (χ1v) is 8.14. The summed E-state index contributed by atoms with van der Waals surface area (Å²) < 4.78 is 5.57. The maximum atomic E-state index is 5.57. The van der Waals surface area contributed by atoms with Crippen molar-refractivity contribution >= 4 is 5.82 Å². The zero-order chi connectivity index (χ0) is 15.5. The van der Waals surface area contributed by atoms with Crippen molar-refractivity contribution in [2.24, 2.45) is 0 Å². The number of hydrogen-bond donors (Lipinski definition) is 1. The van der Waals surface area contributed by atoms with Crippen molar-refractivity contribution in [3.8, 4) is 5.88 Å². The molecule has 0 aliphatic carbocycles. The highest BCUT2D eigenvalue weighted by Gasteiger charge is 2.03. The van der Waals surface area contributed by atoms with Crippen LogP contribution in [-0.2, 0) is 0 Å². The molecule has 0 saturated heterocycles. The van der Waals surface area contributed by atoms with E-state index < -0.39 is 0 Å². The molecule has 1 rings (SSSR count). The van der Waals surface area contributed by atoms with E-state index in [1.807, 2.05) is 13.0 Å². The van der Waals surface area contributed by atoms with E-state index in [9.17, 15) is 0 Å². The monoisotopic (exact) mass is 294 g/mol. The first-order valence-electron chi connectivity index (χ1n) is 8.14. The van der Waals surface area contributed by atoms with E-state index in [4.69, 9.17) is 4.74 Å². The van der Waals surface area contributed by atoms with Crippen LogP contribution in [0.15, 0.2) is 6.07 Å². The van der Waals surface area contributed by atoms with Gasteiger partial charge in [-0.15, -0.1) is 0 Å². The highest BCUT2D eigenvalue weighted by Crippen LogP contribution is 2.13. The molecule has 0 atom stereocenters. The van der Waals surface area contributed by atoms with Crippen LogP contribution >= 0.6 is 0 Å². The molecule has 0 aliphatic rings. The average Bonchev–Trinajstić information content (AvgIpc) is 2.48. The van der Waals surface area contributed by atoms with Crippen LogP contribution in [0, 0.1) is 6.92 Å². The van der Waals surface area contributed by atoms with Crippen LogP contribution < -0.4 is 10.1 Å². The molecule has 120 valence electrons. The highest BCUT2D eigenvalue weighted by atomic mass is 16.5. The van der Waals surface area contributed by atoms with Crippen LogP contribution in [0.1, 0.15) is 45.9 Å². The second-order valence-electron chi connectivity index (χ2n) is 5.15. The van der Waals surface area contributed by atoms with Crippen LogP contribution in [-0.4, -0.2) is 47.7 Å². The Morgan fingerprint density at radius 1 is 1.14 bits per heavy atom. The summed E-state index contributed by atoms with van der Waals surface area (Å²) in [4.78, 5) is 11.1. The predicted octanol–water partition coefficient (Wildman–Crippen LogP) is 3.11. The Morgan fingerprint density at radius 3 is 2.57 bits per heavy atom. The van der Waals surface area contributed by atoms with Gasteiger partial charge in [0.2, 0.25) is 5.88 Å². The minimum Gasteiger partial charge on any atom is -0.478 e. The van der Waals surface area contributed by atoms with Gasteiger partial charge in [0, 0.05) is 12.6 Å². The third-order valence-corrected chi connectivity index (χ3v) is 3.37. The molecule has 0 fully saturated rings. The van der Waals surface area contributed by atoms with Crippen LogP contribution in [0.2, 0.25) is 0 Å². The Hall–Kier alpha value is -1.36. The first-order chi connectivity index (χ1) is 10.2. The maximum Gasteiger partial charge on any atom is 0.218 e. The zero-order valence-electron chi connectivity index (χ0n) is 14.0. The summed E-state index contributed by atoms with van der Waals surface area (Å²) in [6, 6.07) is 1.88. The van der Waals surface area contributed by atoms with E-state index >= 15 is 0 Å². The molecular formula is C16H30N4O. The van der Waals surface area contributed by atoms with Crippen molar-refractivity contribution in [2.75, 3.05) is 38.1 Å². The summed E-state index contributed by atoms with van der Waals surface area (Å²) in [6.07, 6.45) is 3.33. The van der Waals surface area contributed by atoms with Gasteiger partial charge in [0.1, 0.15) is 11.6 Å². The predicted molar refractivity (Wildman–Crippen MR) is 88.1 cm³/mol. The quantitative estimate of drug-likeness (QED) is 0.636. The lowest BCUT2D eigenvalue weighted by atomic mass is 10.3. The number of aryl methyl sites for hydroxylation is 1. The van der Waals surface area contributed by atoms with Gasteiger partial charge < -0.3 is 15.0 Å². The number of rotatable bonds is 11. The molecule has 0 aliphatic heterocycles. The molecular weight excluding hydrogens is 264 g/mol. The summed E-state index contributed by atoms with van der Waals surface area (Å²) in [5.41, 5.74) is 0. The van der Waals surface area contributed by atoms with Crippen molar-refractivity contribution < 1.29 is 4.74 Å². The number of anilines is 1. The molecule has 21 heavy (non-hydrogen) atoms. The van der Waals surface area contributed by atoms with Crippen molar-refractivity contribution in [2.45, 2.75) is 47.0 Å². The van der Waals surface area contributed by atoms with E-state index in [0.717, 1.165) is 44.1 Å². The standard InChI is InChI=1S/C16H30N4O/c1-5-12-21-16-13-15(18-14(4)19-16)17-10-8-9-11-20(6-2)7-3/h13H,5-12H2,1-4H3,(H,17,18,19). The number of hydrogen-bond acceptors (Lipinski definition) is 5. The second-order valence-corrected chi connectivity index (χ2v) is 5.15. The average molecular weight is 294 g/mol. The van der Waals surface area contributed by atoms with E-state index in [1.165, 1.54) is 13.0 Å². The van der Waals surface area contributed by atoms with Gasteiger partial charge in [0.05, 0.1) is 6.61 Å².